The molecule has 0 radical (unpaired) electrons. The van der Waals surface area contributed by atoms with Crippen LogP contribution in [-0.2, 0) is 9.59 Å². The first kappa shape index (κ1) is 16.5. The third-order valence-electron chi connectivity index (χ3n) is 3.14. The highest BCUT2D eigenvalue weighted by Gasteiger charge is 2.20. The number of amides is 1. The van der Waals surface area contributed by atoms with Gasteiger partial charge in [-0.1, -0.05) is 44.0 Å². The Morgan fingerprint density at radius 2 is 1.90 bits per heavy atom. The summed E-state index contributed by atoms with van der Waals surface area (Å²) in [6.45, 7) is 3.86. The van der Waals surface area contributed by atoms with Crippen LogP contribution >= 0.6 is 11.6 Å². The van der Waals surface area contributed by atoms with Gasteiger partial charge in [-0.15, -0.1) is 0 Å². The fourth-order valence-corrected chi connectivity index (χ4v) is 2.13. The molecule has 110 valence electrons. The number of hydrogen-bond acceptors (Lipinski definition) is 2. The summed E-state index contributed by atoms with van der Waals surface area (Å²) in [7, 11) is 0. The standard InChI is InChI=1S/C15H20ClNO3/c1-3-4-10(2)15(20)17-13(9-14(18)19)11-5-7-12(16)8-6-11/h5-8,10,13H,3-4,9H2,1-2H3,(H,17,20)(H,18,19)/t10?,13-/m0/s1. The highest BCUT2D eigenvalue weighted by atomic mass is 35.5. The largest absolute Gasteiger partial charge is 0.481 e. The highest BCUT2D eigenvalue weighted by Crippen LogP contribution is 2.20. The normalized spacial score (nSPS) is 13.6. The number of carboxylic acid groups (broad SMARTS) is 1. The minimum absolute atomic E-state index is 0.118. The monoisotopic (exact) mass is 297 g/mol. The van der Waals surface area contributed by atoms with Gasteiger partial charge in [-0.2, -0.15) is 0 Å². The lowest BCUT2D eigenvalue weighted by Crippen LogP contribution is -2.34. The Morgan fingerprint density at radius 1 is 1.30 bits per heavy atom. The van der Waals surface area contributed by atoms with Gasteiger partial charge in [0.25, 0.3) is 0 Å². The van der Waals surface area contributed by atoms with Gasteiger partial charge in [0.1, 0.15) is 0 Å². The van der Waals surface area contributed by atoms with Gasteiger partial charge in [-0.25, -0.2) is 0 Å². The van der Waals surface area contributed by atoms with E-state index in [4.69, 9.17) is 16.7 Å². The first-order chi connectivity index (χ1) is 9.43. The summed E-state index contributed by atoms with van der Waals surface area (Å²) in [5, 5.41) is 12.4. The van der Waals surface area contributed by atoms with Gasteiger partial charge in [0, 0.05) is 10.9 Å². The van der Waals surface area contributed by atoms with Crippen LogP contribution in [0.4, 0.5) is 0 Å². The number of halogens is 1. The summed E-state index contributed by atoms with van der Waals surface area (Å²) >= 11 is 5.82. The van der Waals surface area contributed by atoms with Gasteiger partial charge in [0.2, 0.25) is 5.91 Å². The fraction of sp³-hybridized carbons (Fsp3) is 0.467. The van der Waals surface area contributed by atoms with Crippen LogP contribution < -0.4 is 5.32 Å². The SMILES string of the molecule is CCCC(C)C(=O)N[C@@H](CC(=O)O)c1ccc(Cl)cc1. The number of aliphatic carboxylic acids is 1. The second-order valence-corrected chi connectivity index (χ2v) is 5.34. The molecule has 0 spiro atoms. The average molecular weight is 298 g/mol. The molecule has 0 aliphatic heterocycles. The van der Waals surface area contributed by atoms with Gasteiger partial charge in [0.15, 0.2) is 0 Å². The van der Waals surface area contributed by atoms with Crippen molar-refractivity contribution in [3.05, 3.63) is 34.9 Å². The van der Waals surface area contributed by atoms with Gasteiger partial charge < -0.3 is 10.4 Å². The molecule has 0 aliphatic carbocycles. The molecule has 1 unspecified atom stereocenters. The summed E-state index contributed by atoms with van der Waals surface area (Å²) in [5.41, 5.74) is 0.744. The van der Waals surface area contributed by atoms with Crippen LogP contribution in [0, 0.1) is 5.92 Å². The van der Waals surface area contributed by atoms with Gasteiger partial charge in [-0.05, 0) is 24.1 Å². The minimum atomic E-state index is -0.951. The Hall–Kier alpha value is -1.55. The zero-order valence-corrected chi connectivity index (χ0v) is 12.5. The smallest absolute Gasteiger partial charge is 0.305 e. The third kappa shape index (κ3) is 5.21. The van der Waals surface area contributed by atoms with Crippen molar-refractivity contribution >= 4 is 23.5 Å². The van der Waals surface area contributed by atoms with Crippen LogP contribution in [0.15, 0.2) is 24.3 Å². The molecule has 1 rings (SSSR count). The predicted molar refractivity (Wildman–Crippen MR) is 78.7 cm³/mol. The molecule has 2 atom stereocenters. The van der Waals surface area contributed by atoms with Crippen molar-refractivity contribution in [3.63, 3.8) is 0 Å². The molecule has 1 aromatic rings. The van der Waals surface area contributed by atoms with Gasteiger partial charge >= 0.3 is 5.97 Å². The van der Waals surface area contributed by atoms with E-state index in [0.29, 0.717) is 5.02 Å². The van der Waals surface area contributed by atoms with Crippen molar-refractivity contribution in [3.8, 4) is 0 Å². The van der Waals surface area contributed by atoms with E-state index in [1.165, 1.54) is 0 Å². The van der Waals surface area contributed by atoms with E-state index in [1.807, 2.05) is 13.8 Å². The lowest BCUT2D eigenvalue weighted by molar-refractivity contribution is -0.137. The molecule has 0 heterocycles. The summed E-state index contributed by atoms with van der Waals surface area (Å²) in [6, 6.07) is 6.32. The number of hydrogen-bond donors (Lipinski definition) is 2. The van der Waals surface area contributed by atoms with Crippen LogP contribution in [0.1, 0.15) is 44.7 Å². The fourth-order valence-electron chi connectivity index (χ4n) is 2.00. The molecule has 0 saturated heterocycles. The molecule has 0 aromatic heterocycles. The maximum Gasteiger partial charge on any atom is 0.305 e. The molecule has 1 amide bonds. The van der Waals surface area contributed by atoms with Crippen molar-refractivity contribution in [1.82, 2.24) is 5.32 Å². The molecule has 0 aliphatic rings. The summed E-state index contributed by atoms with van der Waals surface area (Å²) in [6.07, 6.45) is 1.55. The maximum absolute atomic E-state index is 12.0. The van der Waals surface area contributed by atoms with Crippen LogP contribution in [-0.4, -0.2) is 17.0 Å². The number of carbonyl (C=O) groups is 2. The molecule has 0 saturated carbocycles. The maximum atomic E-state index is 12.0. The third-order valence-corrected chi connectivity index (χ3v) is 3.39. The lowest BCUT2D eigenvalue weighted by atomic mass is 10.0. The molecule has 5 heteroatoms. The number of carboxylic acids is 1. The summed E-state index contributed by atoms with van der Waals surface area (Å²) < 4.78 is 0. The van der Waals surface area contributed by atoms with Crippen molar-refractivity contribution < 1.29 is 14.7 Å². The van der Waals surface area contributed by atoms with Crippen molar-refractivity contribution in [1.29, 1.82) is 0 Å². The zero-order chi connectivity index (χ0) is 15.1. The van der Waals surface area contributed by atoms with Crippen molar-refractivity contribution in [2.75, 3.05) is 0 Å². The molecule has 20 heavy (non-hydrogen) atoms. The molecule has 0 fully saturated rings. The van der Waals surface area contributed by atoms with Crippen LogP contribution in [0.25, 0.3) is 0 Å². The van der Waals surface area contributed by atoms with Gasteiger partial charge in [-0.3, -0.25) is 9.59 Å². The first-order valence-electron chi connectivity index (χ1n) is 6.71. The van der Waals surface area contributed by atoms with E-state index >= 15 is 0 Å². The quantitative estimate of drug-likeness (QED) is 0.810. The van der Waals surface area contributed by atoms with E-state index in [0.717, 1.165) is 18.4 Å². The molecular formula is C15H20ClNO3. The molecule has 2 N–H and O–H groups in total. The Labute approximate surface area is 124 Å². The molecular weight excluding hydrogens is 278 g/mol. The topological polar surface area (TPSA) is 66.4 Å². The Bertz CT molecular complexity index is 459. The number of rotatable bonds is 7. The molecule has 0 bridgehead atoms. The second-order valence-electron chi connectivity index (χ2n) is 4.90. The molecule has 1 aromatic carbocycles. The lowest BCUT2D eigenvalue weighted by Gasteiger charge is -2.20. The van der Waals surface area contributed by atoms with Crippen molar-refractivity contribution in [2.45, 2.75) is 39.2 Å². The minimum Gasteiger partial charge on any atom is -0.481 e. The average Bonchev–Trinajstić information content (AvgIpc) is 2.38. The van der Waals surface area contributed by atoms with Crippen LogP contribution in [0.3, 0.4) is 0 Å². The van der Waals surface area contributed by atoms with E-state index in [2.05, 4.69) is 5.32 Å². The van der Waals surface area contributed by atoms with Crippen LogP contribution in [0.5, 0.6) is 0 Å². The predicted octanol–water partition coefficient (Wildman–Crippen LogP) is 3.41. The number of benzene rings is 1. The van der Waals surface area contributed by atoms with E-state index in [1.54, 1.807) is 24.3 Å². The van der Waals surface area contributed by atoms with Crippen molar-refractivity contribution in [2.24, 2.45) is 5.92 Å². The van der Waals surface area contributed by atoms with E-state index in [9.17, 15) is 9.59 Å². The highest BCUT2D eigenvalue weighted by molar-refractivity contribution is 6.30. The van der Waals surface area contributed by atoms with E-state index in [-0.39, 0.29) is 18.2 Å². The summed E-state index contributed by atoms with van der Waals surface area (Å²) in [5.74, 6) is -1.19. The molecule has 4 nitrogen and oxygen atoms in total. The summed E-state index contributed by atoms with van der Waals surface area (Å²) in [4.78, 5) is 23.0. The Balaban J connectivity index is 2.81. The second kappa shape index (κ2) is 7.90. The Morgan fingerprint density at radius 3 is 2.40 bits per heavy atom. The number of nitrogens with one attached hydrogen (secondary N) is 1. The Kier molecular flexibility index (Phi) is 6.52. The first-order valence-corrected chi connectivity index (χ1v) is 7.09. The number of carbonyl (C=O) groups excluding carboxylic acids is 1. The van der Waals surface area contributed by atoms with Crippen LogP contribution in [0.2, 0.25) is 5.02 Å². The zero-order valence-electron chi connectivity index (χ0n) is 11.7. The van der Waals surface area contributed by atoms with Gasteiger partial charge in [0.05, 0.1) is 12.5 Å². The van der Waals surface area contributed by atoms with E-state index < -0.39 is 12.0 Å².